The summed E-state index contributed by atoms with van der Waals surface area (Å²) in [5.74, 6) is 0.342. The van der Waals surface area contributed by atoms with Crippen LogP contribution in [0.4, 0.5) is 0 Å². The first-order valence-corrected chi connectivity index (χ1v) is 7.13. The Balaban J connectivity index is 2.40. The molecule has 0 bridgehead atoms. The lowest BCUT2D eigenvalue weighted by Gasteiger charge is -2.36. The molecule has 0 spiro atoms. The second kappa shape index (κ2) is 7.10. The highest BCUT2D eigenvalue weighted by molar-refractivity contribution is 5.81. The van der Waals surface area contributed by atoms with Crippen LogP contribution in [0, 0.1) is 11.3 Å². The van der Waals surface area contributed by atoms with Crippen LogP contribution in [0.5, 0.6) is 0 Å². The summed E-state index contributed by atoms with van der Waals surface area (Å²) < 4.78 is 0. The minimum Gasteiger partial charge on any atom is -0.396 e. The van der Waals surface area contributed by atoms with Crippen LogP contribution >= 0.6 is 0 Å². The van der Waals surface area contributed by atoms with E-state index in [1.54, 1.807) is 0 Å². The van der Waals surface area contributed by atoms with Crippen molar-refractivity contribution in [3.05, 3.63) is 0 Å². The Labute approximate surface area is 110 Å². The van der Waals surface area contributed by atoms with Gasteiger partial charge in [-0.15, -0.1) is 0 Å². The summed E-state index contributed by atoms with van der Waals surface area (Å²) in [6.07, 6.45) is 6.25. The molecule has 106 valence electrons. The second-order valence-electron chi connectivity index (χ2n) is 6.17. The predicted octanol–water partition coefficient (Wildman–Crippen LogP) is 1.42. The van der Waals surface area contributed by atoms with E-state index < -0.39 is 6.04 Å². The Bertz CT molecular complexity index is 261. The van der Waals surface area contributed by atoms with Gasteiger partial charge in [-0.3, -0.25) is 4.79 Å². The molecule has 0 aromatic heterocycles. The SMILES string of the molecule is CC(C)CC(N)C(=O)NCC1(CO)CCCCC1. The highest BCUT2D eigenvalue weighted by Crippen LogP contribution is 2.35. The number of aliphatic hydroxyl groups excluding tert-OH is 1. The van der Waals surface area contributed by atoms with Crippen LogP contribution in [-0.2, 0) is 4.79 Å². The van der Waals surface area contributed by atoms with E-state index in [4.69, 9.17) is 5.73 Å². The number of nitrogens with two attached hydrogens (primary N) is 1. The molecule has 1 rings (SSSR count). The van der Waals surface area contributed by atoms with E-state index in [1.807, 2.05) is 0 Å². The number of hydrogen-bond acceptors (Lipinski definition) is 3. The van der Waals surface area contributed by atoms with Crippen molar-refractivity contribution in [3.8, 4) is 0 Å². The standard InChI is InChI=1S/C14H28N2O2/c1-11(2)8-12(15)13(18)16-9-14(10-17)6-4-3-5-7-14/h11-12,17H,3-10,15H2,1-2H3,(H,16,18). The maximum absolute atomic E-state index is 11.9. The summed E-state index contributed by atoms with van der Waals surface area (Å²) >= 11 is 0. The highest BCUT2D eigenvalue weighted by atomic mass is 16.3. The zero-order valence-electron chi connectivity index (χ0n) is 11.7. The normalized spacial score (nSPS) is 20.7. The van der Waals surface area contributed by atoms with Crippen LogP contribution in [0.1, 0.15) is 52.4 Å². The Morgan fingerprint density at radius 3 is 2.44 bits per heavy atom. The number of carbonyl (C=O) groups excluding carboxylic acids is 1. The molecule has 4 heteroatoms. The van der Waals surface area contributed by atoms with Crippen molar-refractivity contribution < 1.29 is 9.90 Å². The van der Waals surface area contributed by atoms with Crippen LogP contribution in [-0.4, -0.2) is 30.2 Å². The van der Waals surface area contributed by atoms with Gasteiger partial charge in [0.25, 0.3) is 0 Å². The van der Waals surface area contributed by atoms with Crippen LogP contribution in [0.3, 0.4) is 0 Å². The number of nitrogens with one attached hydrogen (secondary N) is 1. The molecule has 4 nitrogen and oxygen atoms in total. The van der Waals surface area contributed by atoms with E-state index in [0.29, 0.717) is 18.9 Å². The van der Waals surface area contributed by atoms with Crippen molar-refractivity contribution in [3.63, 3.8) is 0 Å². The van der Waals surface area contributed by atoms with Crippen molar-refractivity contribution in [2.24, 2.45) is 17.1 Å². The number of carbonyl (C=O) groups is 1. The predicted molar refractivity (Wildman–Crippen MR) is 73.0 cm³/mol. The number of aliphatic hydroxyl groups is 1. The van der Waals surface area contributed by atoms with Crippen LogP contribution in [0.25, 0.3) is 0 Å². The summed E-state index contributed by atoms with van der Waals surface area (Å²) in [6, 6.07) is -0.427. The number of hydrogen-bond donors (Lipinski definition) is 3. The summed E-state index contributed by atoms with van der Waals surface area (Å²) in [6.45, 7) is 4.84. The topological polar surface area (TPSA) is 75.4 Å². The van der Waals surface area contributed by atoms with Crippen molar-refractivity contribution in [2.45, 2.75) is 58.4 Å². The van der Waals surface area contributed by atoms with E-state index in [9.17, 15) is 9.90 Å². The molecule has 0 aliphatic heterocycles. The lowest BCUT2D eigenvalue weighted by atomic mass is 9.74. The first kappa shape index (κ1) is 15.4. The van der Waals surface area contributed by atoms with Gasteiger partial charge >= 0.3 is 0 Å². The Kier molecular flexibility index (Phi) is 6.09. The zero-order chi connectivity index (χ0) is 13.6. The molecule has 0 aromatic rings. The van der Waals surface area contributed by atoms with E-state index in [1.165, 1.54) is 6.42 Å². The van der Waals surface area contributed by atoms with Crippen molar-refractivity contribution in [1.29, 1.82) is 0 Å². The molecule has 0 radical (unpaired) electrons. The summed E-state index contributed by atoms with van der Waals surface area (Å²) in [5.41, 5.74) is 5.74. The van der Waals surface area contributed by atoms with E-state index >= 15 is 0 Å². The molecule has 18 heavy (non-hydrogen) atoms. The molecular weight excluding hydrogens is 228 g/mol. The van der Waals surface area contributed by atoms with Crippen LogP contribution in [0.2, 0.25) is 0 Å². The van der Waals surface area contributed by atoms with Gasteiger partial charge in [0.2, 0.25) is 5.91 Å². The maximum atomic E-state index is 11.9. The molecule has 1 saturated carbocycles. The average molecular weight is 256 g/mol. The molecule has 1 amide bonds. The van der Waals surface area contributed by atoms with Gasteiger partial charge in [-0.2, -0.15) is 0 Å². The molecule has 1 aliphatic carbocycles. The van der Waals surface area contributed by atoms with Crippen LogP contribution in [0.15, 0.2) is 0 Å². The van der Waals surface area contributed by atoms with Gasteiger partial charge in [0.05, 0.1) is 12.6 Å². The molecule has 1 fully saturated rings. The van der Waals surface area contributed by atoms with E-state index in [0.717, 1.165) is 25.7 Å². The van der Waals surface area contributed by atoms with Gasteiger partial charge < -0.3 is 16.2 Å². The molecule has 1 unspecified atom stereocenters. The summed E-state index contributed by atoms with van der Waals surface area (Å²) in [7, 11) is 0. The van der Waals surface area contributed by atoms with Crippen LogP contribution < -0.4 is 11.1 Å². The number of rotatable bonds is 6. The second-order valence-corrected chi connectivity index (χ2v) is 6.17. The average Bonchev–Trinajstić information content (AvgIpc) is 2.36. The van der Waals surface area contributed by atoms with E-state index in [-0.39, 0.29) is 17.9 Å². The van der Waals surface area contributed by atoms with Gasteiger partial charge in [-0.1, -0.05) is 33.1 Å². The number of amides is 1. The maximum Gasteiger partial charge on any atom is 0.236 e. The first-order valence-electron chi connectivity index (χ1n) is 7.13. The van der Waals surface area contributed by atoms with Gasteiger partial charge in [-0.25, -0.2) is 0 Å². The quantitative estimate of drug-likeness (QED) is 0.673. The molecule has 0 saturated heterocycles. The molecule has 4 N–H and O–H groups in total. The van der Waals surface area contributed by atoms with Gasteiger partial charge in [0, 0.05) is 12.0 Å². The summed E-state index contributed by atoms with van der Waals surface area (Å²) in [4.78, 5) is 11.9. The van der Waals surface area contributed by atoms with Crippen molar-refractivity contribution >= 4 is 5.91 Å². The van der Waals surface area contributed by atoms with Crippen molar-refractivity contribution in [1.82, 2.24) is 5.32 Å². The monoisotopic (exact) mass is 256 g/mol. The largest absolute Gasteiger partial charge is 0.396 e. The Hall–Kier alpha value is -0.610. The van der Waals surface area contributed by atoms with Gasteiger partial charge in [0.15, 0.2) is 0 Å². The molecule has 1 atom stereocenters. The first-order chi connectivity index (χ1) is 8.49. The molecular formula is C14H28N2O2. The smallest absolute Gasteiger partial charge is 0.236 e. The van der Waals surface area contributed by atoms with Gasteiger partial charge in [0.1, 0.15) is 0 Å². The highest BCUT2D eigenvalue weighted by Gasteiger charge is 2.32. The summed E-state index contributed by atoms with van der Waals surface area (Å²) in [5, 5.41) is 12.5. The minimum absolute atomic E-state index is 0.0814. The lowest BCUT2D eigenvalue weighted by Crippen LogP contribution is -2.47. The minimum atomic E-state index is -0.427. The molecule has 0 aromatic carbocycles. The van der Waals surface area contributed by atoms with Gasteiger partial charge in [-0.05, 0) is 25.2 Å². The third-order valence-corrected chi connectivity index (χ3v) is 3.95. The molecule has 1 aliphatic rings. The lowest BCUT2D eigenvalue weighted by molar-refractivity contribution is -0.123. The third-order valence-electron chi connectivity index (χ3n) is 3.95. The third kappa shape index (κ3) is 4.58. The molecule has 0 heterocycles. The van der Waals surface area contributed by atoms with Crippen molar-refractivity contribution in [2.75, 3.05) is 13.2 Å². The fraction of sp³-hybridized carbons (Fsp3) is 0.929. The zero-order valence-corrected chi connectivity index (χ0v) is 11.7. The van der Waals surface area contributed by atoms with E-state index in [2.05, 4.69) is 19.2 Å². The Morgan fingerprint density at radius 1 is 1.33 bits per heavy atom. The Morgan fingerprint density at radius 2 is 1.94 bits per heavy atom. The fourth-order valence-corrected chi connectivity index (χ4v) is 2.71. The fourth-order valence-electron chi connectivity index (χ4n) is 2.71.